The van der Waals surface area contributed by atoms with Crippen molar-refractivity contribution in [3.05, 3.63) is 17.7 Å². The van der Waals surface area contributed by atoms with E-state index in [4.69, 9.17) is 5.84 Å². The topological polar surface area (TPSA) is 83.2 Å². The van der Waals surface area contributed by atoms with Gasteiger partial charge in [0.15, 0.2) is 0 Å². The lowest BCUT2D eigenvalue weighted by Crippen LogP contribution is -2.51. The molecule has 0 aliphatic rings. The number of aliphatic hydroxyl groups is 1. The average Bonchev–Trinajstić information content (AvgIpc) is 2.25. The molecular formula is C12H19F3N4O. The quantitative estimate of drug-likeness (QED) is 0.506. The summed E-state index contributed by atoms with van der Waals surface area (Å²) in [6.45, 7) is 6.42. The molecule has 0 aliphatic carbocycles. The molecule has 0 aromatic carbocycles. The monoisotopic (exact) mass is 292 g/mol. The van der Waals surface area contributed by atoms with Gasteiger partial charge >= 0.3 is 6.18 Å². The van der Waals surface area contributed by atoms with Gasteiger partial charge in [-0.2, -0.15) is 13.2 Å². The van der Waals surface area contributed by atoms with E-state index >= 15 is 0 Å². The third kappa shape index (κ3) is 3.73. The van der Waals surface area contributed by atoms with Gasteiger partial charge in [-0.15, -0.1) is 0 Å². The van der Waals surface area contributed by atoms with Crippen LogP contribution in [0, 0.1) is 0 Å². The van der Waals surface area contributed by atoms with Crippen LogP contribution in [0.15, 0.2) is 12.1 Å². The van der Waals surface area contributed by atoms with Crippen LogP contribution in [-0.2, 0) is 6.18 Å². The maximum Gasteiger partial charge on any atom is 0.416 e. The minimum absolute atomic E-state index is 0.0279. The second-order valence-corrected chi connectivity index (χ2v) is 5.58. The number of rotatable bonds is 4. The fraction of sp³-hybridized carbons (Fsp3) is 0.583. The van der Waals surface area contributed by atoms with Gasteiger partial charge in [0.25, 0.3) is 0 Å². The summed E-state index contributed by atoms with van der Waals surface area (Å²) in [5, 5.41) is 12.8. The Bertz CT molecular complexity index is 481. The number of hydrogen-bond acceptors (Lipinski definition) is 5. The van der Waals surface area contributed by atoms with Crippen LogP contribution in [0.3, 0.4) is 0 Å². The number of aromatic nitrogens is 1. The first-order chi connectivity index (χ1) is 8.87. The van der Waals surface area contributed by atoms with Gasteiger partial charge in [0, 0.05) is 0 Å². The minimum Gasteiger partial charge on any atom is -0.388 e. The minimum atomic E-state index is -4.51. The summed E-state index contributed by atoms with van der Waals surface area (Å²) in [6.07, 6.45) is -4.51. The first-order valence-corrected chi connectivity index (χ1v) is 5.93. The lowest BCUT2D eigenvalue weighted by molar-refractivity contribution is -0.137. The molecule has 0 saturated carbocycles. The molecule has 0 radical (unpaired) electrons. The number of alkyl halides is 3. The zero-order valence-electron chi connectivity index (χ0n) is 11.8. The molecule has 1 rings (SSSR count). The number of nitrogen functional groups attached to an aromatic ring is 1. The molecule has 1 aromatic rings. The fourth-order valence-corrected chi connectivity index (χ4v) is 1.31. The van der Waals surface area contributed by atoms with Gasteiger partial charge in [0.2, 0.25) is 0 Å². The highest BCUT2D eigenvalue weighted by Gasteiger charge is 2.36. The van der Waals surface area contributed by atoms with Crippen molar-refractivity contribution in [2.75, 3.05) is 10.7 Å². The van der Waals surface area contributed by atoms with Crippen molar-refractivity contribution in [3.8, 4) is 0 Å². The molecule has 0 unspecified atom stereocenters. The predicted molar refractivity (Wildman–Crippen MR) is 71.0 cm³/mol. The van der Waals surface area contributed by atoms with Crippen molar-refractivity contribution < 1.29 is 18.3 Å². The van der Waals surface area contributed by atoms with Gasteiger partial charge < -0.3 is 15.8 Å². The van der Waals surface area contributed by atoms with Crippen LogP contribution in [0.1, 0.15) is 33.3 Å². The average molecular weight is 292 g/mol. The summed E-state index contributed by atoms with van der Waals surface area (Å²) in [5.41, 5.74) is -0.850. The Morgan fingerprint density at radius 3 is 2.00 bits per heavy atom. The number of hydrazine groups is 1. The Hall–Kier alpha value is -1.54. The molecule has 5 nitrogen and oxygen atoms in total. The van der Waals surface area contributed by atoms with Gasteiger partial charge in [-0.3, -0.25) is 0 Å². The summed E-state index contributed by atoms with van der Waals surface area (Å²) in [5.74, 6) is 4.98. The Morgan fingerprint density at radius 1 is 1.10 bits per heavy atom. The van der Waals surface area contributed by atoms with Gasteiger partial charge in [0.05, 0.1) is 16.7 Å². The van der Waals surface area contributed by atoms with E-state index in [-0.39, 0.29) is 11.6 Å². The molecule has 0 saturated heterocycles. The number of nitrogens with two attached hydrogens (primary N) is 1. The number of nitrogens with zero attached hydrogens (tertiary/aromatic N) is 1. The Morgan fingerprint density at radius 2 is 1.60 bits per heavy atom. The van der Waals surface area contributed by atoms with Crippen molar-refractivity contribution in [2.45, 2.75) is 45.0 Å². The molecule has 0 amide bonds. The van der Waals surface area contributed by atoms with E-state index in [9.17, 15) is 18.3 Å². The first kappa shape index (κ1) is 16.5. The number of halogens is 3. The lowest BCUT2D eigenvalue weighted by atomic mass is 9.86. The summed E-state index contributed by atoms with van der Waals surface area (Å²) in [6, 6.07) is 1.68. The van der Waals surface area contributed by atoms with E-state index < -0.39 is 22.9 Å². The van der Waals surface area contributed by atoms with Crippen molar-refractivity contribution in [1.82, 2.24) is 4.98 Å². The number of nitrogens with one attached hydrogen (secondary N) is 2. The number of pyridine rings is 1. The van der Waals surface area contributed by atoms with Crippen molar-refractivity contribution >= 4 is 11.6 Å². The first-order valence-electron chi connectivity index (χ1n) is 5.93. The third-order valence-corrected chi connectivity index (χ3v) is 3.27. The Labute approximate surface area is 115 Å². The zero-order valence-corrected chi connectivity index (χ0v) is 11.8. The highest BCUT2D eigenvalue weighted by molar-refractivity contribution is 5.50. The molecule has 1 aromatic heterocycles. The van der Waals surface area contributed by atoms with Crippen LogP contribution < -0.4 is 16.6 Å². The van der Waals surface area contributed by atoms with Gasteiger partial charge in [-0.05, 0) is 39.8 Å². The Balaban J connectivity index is 3.20. The summed E-state index contributed by atoms with van der Waals surface area (Å²) >= 11 is 0. The molecular weight excluding hydrogens is 273 g/mol. The number of hydrogen-bond donors (Lipinski definition) is 4. The smallest absolute Gasteiger partial charge is 0.388 e. The zero-order chi connectivity index (χ0) is 15.8. The lowest BCUT2D eigenvalue weighted by Gasteiger charge is -2.38. The predicted octanol–water partition coefficient (Wildman–Crippen LogP) is 2.35. The molecule has 114 valence electrons. The van der Waals surface area contributed by atoms with E-state index in [1.54, 1.807) is 27.7 Å². The maximum absolute atomic E-state index is 12.8. The molecule has 1 heterocycles. The molecule has 0 aliphatic heterocycles. The van der Waals surface area contributed by atoms with E-state index in [1.807, 2.05) is 0 Å². The normalized spacial score (nSPS) is 13.2. The molecule has 8 heteroatoms. The highest BCUT2D eigenvalue weighted by atomic mass is 19.4. The van der Waals surface area contributed by atoms with Crippen LogP contribution in [0.2, 0.25) is 0 Å². The fourth-order valence-electron chi connectivity index (χ4n) is 1.31. The Kier molecular flexibility index (Phi) is 4.21. The van der Waals surface area contributed by atoms with Crippen molar-refractivity contribution in [1.29, 1.82) is 0 Å². The third-order valence-electron chi connectivity index (χ3n) is 3.27. The van der Waals surface area contributed by atoms with Gasteiger partial charge in [-0.1, -0.05) is 0 Å². The second-order valence-electron chi connectivity index (χ2n) is 5.58. The van der Waals surface area contributed by atoms with Gasteiger partial charge in [0.1, 0.15) is 11.6 Å². The van der Waals surface area contributed by atoms with Crippen LogP contribution in [0.25, 0.3) is 0 Å². The van der Waals surface area contributed by atoms with Crippen LogP contribution in [0.4, 0.5) is 24.8 Å². The van der Waals surface area contributed by atoms with Crippen molar-refractivity contribution in [3.63, 3.8) is 0 Å². The van der Waals surface area contributed by atoms with Crippen LogP contribution in [0.5, 0.6) is 0 Å². The van der Waals surface area contributed by atoms with E-state index in [0.29, 0.717) is 0 Å². The molecule has 0 atom stereocenters. The largest absolute Gasteiger partial charge is 0.416 e. The SMILES string of the molecule is CC(C)(O)C(C)(C)Nc1cc(C(F)(F)F)cc(NN)n1. The second kappa shape index (κ2) is 5.10. The molecule has 20 heavy (non-hydrogen) atoms. The molecule has 5 N–H and O–H groups in total. The van der Waals surface area contributed by atoms with E-state index in [2.05, 4.69) is 15.7 Å². The standard InChI is InChI=1S/C12H19F3N4O/c1-10(2,11(3,4)20)18-8-5-7(12(13,14)15)6-9(17-8)19-16/h5-6,20H,16H2,1-4H3,(H2,17,18,19). The maximum atomic E-state index is 12.8. The van der Waals surface area contributed by atoms with Crippen LogP contribution in [-0.4, -0.2) is 21.2 Å². The van der Waals surface area contributed by atoms with E-state index in [0.717, 1.165) is 12.1 Å². The highest BCUT2D eigenvalue weighted by Crippen LogP contribution is 2.33. The van der Waals surface area contributed by atoms with E-state index in [1.165, 1.54) is 0 Å². The summed E-state index contributed by atoms with van der Waals surface area (Å²) in [7, 11) is 0. The molecule has 0 bridgehead atoms. The summed E-state index contributed by atoms with van der Waals surface area (Å²) in [4.78, 5) is 3.91. The summed E-state index contributed by atoms with van der Waals surface area (Å²) < 4.78 is 38.3. The molecule has 0 spiro atoms. The number of anilines is 2. The molecule has 0 fully saturated rings. The van der Waals surface area contributed by atoms with Crippen molar-refractivity contribution in [2.24, 2.45) is 5.84 Å². The van der Waals surface area contributed by atoms with Crippen LogP contribution >= 0.6 is 0 Å². The van der Waals surface area contributed by atoms with Gasteiger partial charge in [-0.25, -0.2) is 10.8 Å².